The van der Waals surface area contributed by atoms with Gasteiger partial charge in [-0.3, -0.25) is 0 Å². The summed E-state index contributed by atoms with van der Waals surface area (Å²) in [5.41, 5.74) is 2.65. The van der Waals surface area contributed by atoms with E-state index >= 15 is 0 Å². The van der Waals surface area contributed by atoms with Gasteiger partial charge >= 0.3 is 0 Å². The summed E-state index contributed by atoms with van der Waals surface area (Å²) in [6.07, 6.45) is 1.93. The third kappa shape index (κ3) is 3.34. The van der Waals surface area contributed by atoms with Crippen molar-refractivity contribution in [2.75, 3.05) is 5.88 Å². The Morgan fingerprint density at radius 3 is 2.44 bits per heavy atom. The molecule has 0 radical (unpaired) electrons. The molecular formula is C15H11Cl2F. The Balaban J connectivity index is 2.36. The van der Waals surface area contributed by atoms with E-state index in [0.717, 1.165) is 16.7 Å². The quantitative estimate of drug-likeness (QED) is 0.532. The van der Waals surface area contributed by atoms with Crippen LogP contribution in [0.4, 0.5) is 4.39 Å². The van der Waals surface area contributed by atoms with E-state index in [-0.39, 0.29) is 5.82 Å². The largest absolute Gasteiger partial charge is 0.207 e. The monoisotopic (exact) mass is 280 g/mol. The van der Waals surface area contributed by atoms with E-state index in [1.165, 1.54) is 12.1 Å². The normalized spacial score (nSPS) is 11.6. The molecule has 0 atom stereocenters. The highest BCUT2D eigenvalue weighted by molar-refractivity contribution is 6.30. The molecule has 0 bridgehead atoms. The Bertz CT molecular complexity index is 559. The fourth-order valence-electron chi connectivity index (χ4n) is 1.65. The van der Waals surface area contributed by atoms with Crippen molar-refractivity contribution in [1.29, 1.82) is 0 Å². The van der Waals surface area contributed by atoms with Crippen LogP contribution >= 0.6 is 23.2 Å². The fraction of sp³-hybridized carbons (Fsp3) is 0.0667. The van der Waals surface area contributed by atoms with Crippen molar-refractivity contribution in [2.45, 2.75) is 0 Å². The van der Waals surface area contributed by atoms with Crippen molar-refractivity contribution in [2.24, 2.45) is 0 Å². The molecule has 2 aromatic rings. The number of benzene rings is 2. The predicted octanol–water partition coefficient (Wildman–Crippen LogP) is 5.26. The highest BCUT2D eigenvalue weighted by atomic mass is 35.5. The molecular weight excluding hydrogens is 270 g/mol. The Morgan fingerprint density at radius 1 is 1.11 bits per heavy atom. The van der Waals surface area contributed by atoms with Crippen LogP contribution in [0.25, 0.3) is 11.6 Å². The first-order valence-electron chi connectivity index (χ1n) is 5.47. The number of hydrogen-bond acceptors (Lipinski definition) is 0. The van der Waals surface area contributed by atoms with E-state index < -0.39 is 0 Å². The smallest absolute Gasteiger partial charge is 0.123 e. The molecule has 0 spiro atoms. The van der Waals surface area contributed by atoms with Gasteiger partial charge in [-0.05, 0) is 47.0 Å². The summed E-state index contributed by atoms with van der Waals surface area (Å²) >= 11 is 11.7. The summed E-state index contributed by atoms with van der Waals surface area (Å²) < 4.78 is 13.2. The summed E-state index contributed by atoms with van der Waals surface area (Å²) in [6, 6.07) is 13.8. The van der Waals surface area contributed by atoms with Crippen molar-refractivity contribution in [3.63, 3.8) is 0 Å². The second kappa shape index (κ2) is 6.03. The third-order valence-electron chi connectivity index (χ3n) is 2.55. The SMILES string of the molecule is Fc1cccc(/C(=C/c2ccc(Cl)cc2)CCl)c1. The minimum atomic E-state index is -0.264. The standard InChI is InChI=1S/C15H11Cl2F/c16-10-13(12-2-1-3-15(18)9-12)8-11-4-6-14(17)7-5-11/h1-9H,10H2/b13-8+. The Hall–Kier alpha value is -1.31. The molecule has 0 aromatic heterocycles. The van der Waals surface area contributed by atoms with Gasteiger partial charge in [0.1, 0.15) is 5.82 Å². The van der Waals surface area contributed by atoms with Crippen LogP contribution in [-0.2, 0) is 0 Å². The first-order chi connectivity index (χ1) is 8.69. The zero-order valence-corrected chi connectivity index (χ0v) is 11.0. The second-order valence-electron chi connectivity index (χ2n) is 3.87. The van der Waals surface area contributed by atoms with Gasteiger partial charge in [0, 0.05) is 10.9 Å². The maximum atomic E-state index is 13.2. The van der Waals surface area contributed by atoms with Crippen LogP contribution in [0.15, 0.2) is 48.5 Å². The van der Waals surface area contributed by atoms with Crippen molar-refractivity contribution in [1.82, 2.24) is 0 Å². The van der Waals surface area contributed by atoms with Crippen molar-refractivity contribution < 1.29 is 4.39 Å². The second-order valence-corrected chi connectivity index (χ2v) is 4.57. The van der Waals surface area contributed by atoms with E-state index in [9.17, 15) is 4.39 Å². The number of halogens is 3. The minimum Gasteiger partial charge on any atom is -0.207 e. The number of hydrogen-bond donors (Lipinski definition) is 0. The lowest BCUT2D eigenvalue weighted by molar-refractivity contribution is 0.627. The van der Waals surface area contributed by atoms with Crippen molar-refractivity contribution in [3.8, 4) is 0 Å². The van der Waals surface area contributed by atoms with Crippen LogP contribution < -0.4 is 0 Å². The van der Waals surface area contributed by atoms with Crippen molar-refractivity contribution in [3.05, 3.63) is 70.5 Å². The zero-order chi connectivity index (χ0) is 13.0. The van der Waals surface area contributed by atoms with E-state index in [0.29, 0.717) is 10.9 Å². The summed E-state index contributed by atoms with van der Waals surface area (Å²) in [5, 5.41) is 0.685. The zero-order valence-electron chi connectivity index (χ0n) is 9.54. The first-order valence-corrected chi connectivity index (χ1v) is 6.38. The molecule has 0 saturated carbocycles. The van der Waals surface area contributed by atoms with Gasteiger partial charge in [-0.2, -0.15) is 0 Å². The third-order valence-corrected chi connectivity index (χ3v) is 3.09. The predicted molar refractivity (Wildman–Crippen MR) is 76.4 cm³/mol. The fourth-order valence-corrected chi connectivity index (χ4v) is 2.00. The molecule has 0 aliphatic rings. The Labute approximate surface area is 116 Å². The number of rotatable bonds is 3. The first kappa shape index (κ1) is 13.1. The van der Waals surface area contributed by atoms with Crippen LogP contribution in [0.3, 0.4) is 0 Å². The molecule has 0 unspecified atom stereocenters. The van der Waals surface area contributed by atoms with Gasteiger partial charge in [0.15, 0.2) is 0 Å². The molecule has 92 valence electrons. The van der Waals surface area contributed by atoms with Gasteiger partial charge in [-0.25, -0.2) is 4.39 Å². The molecule has 0 nitrogen and oxygen atoms in total. The lowest BCUT2D eigenvalue weighted by Crippen LogP contribution is -1.87. The topological polar surface area (TPSA) is 0 Å². The molecule has 18 heavy (non-hydrogen) atoms. The highest BCUT2D eigenvalue weighted by Crippen LogP contribution is 2.21. The molecule has 0 N–H and O–H groups in total. The summed E-state index contributed by atoms with van der Waals surface area (Å²) in [6.45, 7) is 0. The van der Waals surface area contributed by atoms with E-state index in [1.807, 2.05) is 36.4 Å². The van der Waals surface area contributed by atoms with Gasteiger partial charge in [-0.15, -0.1) is 11.6 Å². The van der Waals surface area contributed by atoms with Crippen LogP contribution in [-0.4, -0.2) is 5.88 Å². The molecule has 0 heterocycles. The van der Waals surface area contributed by atoms with E-state index in [2.05, 4.69) is 0 Å². The summed E-state index contributed by atoms with van der Waals surface area (Å²) in [5.74, 6) is 0.0612. The molecule has 2 rings (SSSR count). The highest BCUT2D eigenvalue weighted by Gasteiger charge is 2.02. The molecule has 0 fully saturated rings. The molecule has 0 aliphatic heterocycles. The summed E-state index contributed by atoms with van der Waals surface area (Å²) in [7, 11) is 0. The maximum Gasteiger partial charge on any atom is 0.123 e. The number of alkyl halides is 1. The average molecular weight is 281 g/mol. The van der Waals surface area contributed by atoms with E-state index in [1.54, 1.807) is 6.07 Å². The average Bonchev–Trinajstić information content (AvgIpc) is 2.38. The van der Waals surface area contributed by atoms with Gasteiger partial charge in [0.2, 0.25) is 0 Å². The van der Waals surface area contributed by atoms with Gasteiger partial charge in [-0.1, -0.05) is 35.9 Å². The van der Waals surface area contributed by atoms with E-state index in [4.69, 9.17) is 23.2 Å². The Morgan fingerprint density at radius 2 is 1.83 bits per heavy atom. The van der Waals surface area contributed by atoms with Crippen LogP contribution in [0.2, 0.25) is 5.02 Å². The van der Waals surface area contributed by atoms with Crippen LogP contribution in [0.1, 0.15) is 11.1 Å². The van der Waals surface area contributed by atoms with Gasteiger partial charge in [0.05, 0.1) is 0 Å². The lowest BCUT2D eigenvalue weighted by atomic mass is 10.0. The summed E-state index contributed by atoms with van der Waals surface area (Å²) in [4.78, 5) is 0. The Kier molecular flexibility index (Phi) is 4.40. The van der Waals surface area contributed by atoms with Crippen LogP contribution in [0.5, 0.6) is 0 Å². The van der Waals surface area contributed by atoms with Crippen LogP contribution in [0, 0.1) is 5.82 Å². The molecule has 0 aliphatic carbocycles. The minimum absolute atomic E-state index is 0.264. The molecule has 0 amide bonds. The van der Waals surface area contributed by atoms with Gasteiger partial charge < -0.3 is 0 Å². The van der Waals surface area contributed by atoms with Gasteiger partial charge in [0.25, 0.3) is 0 Å². The van der Waals surface area contributed by atoms with Crippen molar-refractivity contribution >= 4 is 34.9 Å². The molecule has 3 heteroatoms. The molecule has 0 saturated heterocycles. The maximum absolute atomic E-state index is 13.2. The number of allylic oxidation sites excluding steroid dienone is 1. The molecule has 2 aromatic carbocycles. The lowest BCUT2D eigenvalue weighted by Gasteiger charge is -2.05.